The van der Waals surface area contributed by atoms with Crippen molar-refractivity contribution in [1.82, 2.24) is 30.6 Å². The largest absolute Gasteiger partial charge is 0.490 e. The Balaban J connectivity index is 0.000000186. The number of hydrogen-bond acceptors (Lipinski definition) is 14. The predicted octanol–water partition coefficient (Wildman–Crippen LogP) is 15.7. The Kier molecular flexibility index (Phi) is 33.2. The summed E-state index contributed by atoms with van der Waals surface area (Å²) in [7, 11) is 1.28. The highest BCUT2D eigenvalue weighted by Crippen LogP contribution is 2.33. The molecular weight excluding hydrogens is 1380 g/mol. The fraction of sp³-hybridized carbons (Fsp3) is 0.400. The van der Waals surface area contributed by atoms with E-state index in [1.54, 1.807) is 36.4 Å². The predicted molar refractivity (Wildman–Crippen MR) is 397 cm³/mol. The van der Waals surface area contributed by atoms with Crippen LogP contribution in [0.5, 0.6) is 11.5 Å². The molecule has 0 saturated heterocycles. The van der Waals surface area contributed by atoms with Crippen molar-refractivity contribution < 1.29 is 53.1 Å². The van der Waals surface area contributed by atoms with Crippen LogP contribution in [-0.2, 0) is 46.4 Å². The summed E-state index contributed by atoms with van der Waals surface area (Å²) >= 11 is 24.4. The van der Waals surface area contributed by atoms with E-state index in [0.717, 1.165) is 162 Å². The third-order valence-electron chi connectivity index (χ3n) is 18.6. The van der Waals surface area contributed by atoms with Gasteiger partial charge in [-0.1, -0.05) is 107 Å². The minimum atomic E-state index is -1.14. The lowest BCUT2D eigenvalue weighted by atomic mass is 9.84. The quantitative estimate of drug-likeness (QED) is 0.0306. The van der Waals surface area contributed by atoms with Gasteiger partial charge in [0, 0.05) is 60.8 Å². The molecule has 17 nitrogen and oxygen atoms in total. The van der Waals surface area contributed by atoms with Crippen LogP contribution in [0, 0.1) is 23.7 Å². The Hall–Kier alpha value is -8.07. The maximum absolute atomic E-state index is 12.8. The molecule has 0 aliphatic heterocycles. The SMILES string of the molecule is COC(=O)[C@H](Cc1ccc(OC2CCC(Cc3ccccn3)CC2)cc1)NC(=O)c1c(Cl)cccc1Cl.Fc1ccccn1.NC1CCC(O)CC1.O=C(N[C@@H](Cc1ccc(OC2CCC(Cc3ccccn3)CC2)cc1)C(=O)O)c1c(Cl)cccc1Cl.OC1CCC(Cc2ccccn2)CC1. The summed E-state index contributed by atoms with van der Waals surface area (Å²) in [6.07, 6.45) is 27.2. The highest BCUT2D eigenvalue weighted by molar-refractivity contribution is 6.40. The standard InChI is InChI=1S/C29H30Cl2N2O4.C28H28Cl2N2O4.C12H17NO.C6H13NO.C5H4FN/c1-36-29(35)26(33-28(34)27-24(30)6-4-7-25(27)31)18-20-10-14-23(15-11-20)37-22-12-8-19(9-13-22)17-21-5-2-3-16-32-21;29-23-5-3-6-24(30)26(23)27(33)32-25(28(34)35)17-19-9-13-22(14-10-19)36-21-11-7-18(8-12-21)16-20-4-1-2-15-31-20;14-12-6-4-10(5-7-12)9-11-3-1-2-8-13-11;7-5-1-3-6(8)4-2-5;6-5-3-1-2-4-7-5/h2-7,10-11,14-16,19,22,26H,8-9,12-13,17-18H2,1H3,(H,33,34);1-6,9-10,13-15,18,21,25H,7-8,11-12,16-17H2,(H,32,33)(H,34,35);1-3,8,10,12,14H,4-7,9H2;5-6,8H,1-4,7H2;1-4H/t19?,22?,26-;18?,21?,25-;;;/m00.../s1. The normalized spacial score (nSPS) is 20.5. The number of ether oxygens (including phenoxy) is 3. The van der Waals surface area contributed by atoms with Gasteiger partial charge in [0.05, 0.1) is 62.7 Å². The number of nitrogens with two attached hydrogens (primary N) is 1. The molecule has 0 bridgehead atoms. The lowest BCUT2D eigenvalue weighted by molar-refractivity contribution is -0.143. The second kappa shape index (κ2) is 42.5. The van der Waals surface area contributed by atoms with Gasteiger partial charge < -0.3 is 45.9 Å². The highest BCUT2D eigenvalue weighted by Gasteiger charge is 2.29. The van der Waals surface area contributed by atoms with Crippen molar-refractivity contribution in [2.24, 2.45) is 23.5 Å². The average Bonchev–Trinajstić information content (AvgIpc) is 0.846. The van der Waals surface area contributed by atoms with Crippen molar-refractivity contribution in [2.45, 2.75) is 177 Å². The summed E-state index contributed by atoms with van der Waals surface area (Å²) in [5.41, 5.74) is 10.9. The first kappa shape index (κ1) is 79.6. The Morgan fingerprint density at radius 3 is 1.12 bits per heavy atom. The number of nitrogens with zero attached hydrogens (tertiary/aromatic N) is 4. The molecule has 22 heteroatoms. The number of carbonyl (C=O) groups is 4. The summed E-state index contributed by atoms with van der Waals surface area (Å²) in [6, 6.07) is 45.5. The Bertz CT molecular complexity index is 3740. The number of benzene rings is 4. The number of carboxylic acid groups (broad SMARTS) is 1. The van der Waals surface area contributed by atoms with E-state index in [0.29, 0.717) is 17.9 Å². The lowest BCUT2D eigenvalue weighted by Crippen LogP contribution is -2.43. The number of halogens is 5. The summed E-state index contributed by atoms with van der Waals surface area (Å²) in [5, 5.41) is 34.0. The molecule has 4 saturated carbocycles. The number of pyridine rings is 4. The third-order valence-corrected chi connectivity index (χ3v) is 19.8. The third kappa shape index (κ3) is 27.6. The minimum absolute atomic E-state index is 0.0463. The van der Waals surface area contributed by atoms with Crippen LogP contribution in [0.3, 0.4) is 0 Å². The lowest BCUT2D eigenvalue weighted by Gasteiger charge is -2.29. The van der Waals surface area contributed by atoms with Gasteiger partial charge in [-0.3, -0.25) is 24.5 Å². The van der Waals surface area contributed by atoms with Crippen molar-refractivity contribution in [3.05, 3.63) is 248 Å². The molecule has 2 amide bonds. The number of aliphatic carboxylic acids is 1. The number of aromatic nitrogens is 4. The maximum atomic E-state index is 12.8. The van der Waals surface area contributed by atoms with Gasteiger partial charge in [0.15, 0.2) is 0 Å². The van der Waals surface area contributed by atoms with Gasteiger partial charge in [-0.15, -0.1) is 0 Å². The van der Waals surface area contributed by atoms with Gasteiger partial charge in [-0.25, -0.2) is 14.6 Å². The Labute approximate surface area is 617 Å². The monoisotopic (exact) mass is 1470 g/mol. The summed E-state index contributed by atoms with van der Waals surface area (Å²) in [6.45, 7) is 0. The van der Waals surface area contributed by atoms with Crippen LogP contribution in [-0.4, -0.2) is 109 Å². The number of esters is 1. The molecule has 4 aromatic heterocycles. The fourth-order valence-electron chi connectivity index (χ4n) is 12.8. The van der Waals surface area contributed by atoms with Crippen LogP contribution in [0.2, 0.25) is 20.1 Å². The molecule has 2 atom stereocenters. The molecule has 12 rings (SSSR count). The highest BCUT2D eigenvalue weighted by atomic mass is 35.5. The van der Waals surface area contributed by atoms with E-state index in [2.05, 4.69) is 48.8 Å². The summed E-state index contributed by atoms with van der Waals surface area (Å²) < 4.78 is 29.1. The molecule has 4 aromatic carbocycles. The Morgan fingerprint density at radius 2 is 0.804 bits per heavy atom. The van der Waals surface area contributed by atoms with E-state index in [4.69, 9.17) is 71.5 Å². The molecule has 102 heavy (non-hydrogen) atoms. The molecule has 542 valence electrons. The van der Waals surface area contributed by atoms with E-state index in [1.165, 1.54) is 37.2 Å². The smallest absolute Gasteiger partial charge is 0.328 e. The zero-order chi connectivity index (χ0) is 72.6. The van der Waals surface area contributed by atoms with Crippen LogP contribution >= 0.6 is 46.4 Å². The number of aliphatic hydroxyl groups is 2. The first-order valence-corrected chi connectivity index (χ1v) is 36.5. The van der Waals surface area contributed by atoms with Crippen molar-refractivity contribution >= 4 is 70.2 Å². The van der Waals surface area contributed by atoms with E-state index in [1.807, 2.05) is 104 Å². The van der Waals surface area contributed by atoms with Gasteiger partial charge in [-0.2, -0.15) is 4.39 Å². The average molecular weight is 1470 g/mol. The topological polar surface area (TPSA) is 258 Å². The first-order chi connectivity index (χ1) is 49.3. The van der Waals surface area contributed by atoms with E-state index >= 15 is 0 Å². The minimum Gasteiger partial charge on any atom is -0.490 e. The zero-order valence-corrected chi connectivity index (χ0v) is 60.4. The maximum Gasteiger partial charge on any atom is 0.328 e. The molecular formula is C80H92Cl4FN7O10. The van der Waals surface area contributed by atoms with E-state index in [9.17, 15) is 33.8 Å². The molecule has 8 aromatic rings. The zero-order valence-electron chi connectivity index (χ0n) is 57.4. The van der Waals surface area contributed by atoms with E-state index < -0.39 is 41.8 Å². The summed E-state index contributed by atoms with van der Waals surface area (Å²) in [4.78, 5) is 66.1. The molecule has 0 spiro atoms. The Morgan fingerprint density at radius 1 is 0.461 bits per heavy atom. The number of rotatable bonds is 20. The second-order valence-electron chi connectivity index (χ2n) is 26.3. The molecule has 0 radical (unpaired) electrons. The molecule has 4 aliphatic rings. The molecule has 4 fully saturated rings. The number of hydrogen-bond donors (Lipinski definition) is 6. The number of carbonyl (C=O) groups excluding carboxylic acids is 3. The number of amides is 2. The van der Waals surface area contributed by atoms with Gasteiger partial charge in [0.1, 0.15) is 23.6 Å². The van der Waals surface area contributed by atoms with Crippen LogP contribution in [0.4, 0.5) is 4.39 Å². The van der Waals surface area contributed by atoms with Crippen molar-refractivity contribution in [2.75, 3.05) is 7.11 Å². The van der Waals surface area contributed by atoms with Gasteiger partial charge in [-0.05, 0) is 248 Å². The van der Waals surface area contributed by atoms with Gasteiger partial charge in [0.25, 0.3) is 11.8 Å². The van der Waals surface area contributed by atoms with Crippen LogP contribution in [0.25, 0.3) is 0 Å². The number of carboxylic acids is 1. The van der Waals surface area contributed by atoms with Gasteiger partial charge in [0.2, 0.25) is 5.95 Å². The van der Waals surface area contributed by atoms with Crippen molar-refractivity contribution in [3.63, 3.8) is 0 Å². The van der Waals surface area contributed by atoms with Crippen LogP contribution in [0.1, 0.15) is 152 Å². The van der Waals surface area contributed by atoms with Gasteiger partial charge >= 0.3 is 11.9 Å². The molecule has 7 N–H and O–H groups in total. The van der Waals surface area contributed by atoms with Crippen LogP contribution in [0.15, 0.2) is 183 Å². The fourth-order valence-corrected chi connectivity index (χ4v) is 14.0. The molecule has 0 unspecified atom stereocenters. The molecule has 4 heterocycles. The first-order valence-electron chi connectivity index (χ1n) is 35.0. The number of methoxy groups -OCH3 is 1. The van der Waals surface area contributed by atoms with E-state index in [-0.39, 0.29) is 68.5 Å². The second-order valence-corrected chi connectivity index (χ2v) is 27.9. The molecule has 4 aliphatic carbocycles. The van der Waals surface area contributed by atoms with Crippen molar-refractivity contribution in [1.29, 1.82) is 0 Å². The van der Waals surface area contributed by atoms with Crippen LogP contribution < -0.4 is 25.8 Å². The van der Waals surface area contributed by atoms with Crippen molar-refractivity contribution in [3.8, 4) is 11.5 Å². The number of nitrogens with one attached hydrogen (secondary N) is 2. The number of aliphatic hydroxyl groups excluding tert-OH is 2. The summed E-state index contributed by atoms with van der Waals surface area (Å²) in [5.74, 6) is 0.254.